The molecule has 0 aromatic carbocycles. The second-order valence-corrected chi connectivity index (χ2v) is 4.80. The normalized spacial score (nSPS) is 25.5. The highest BCUT2D eigenvalue weighted by molar-refractivity contribution is 5.76. The molecule has 0 saturated heterocycles. The summed E-state index contributed by atoms with van der Waals surface area (Å²) in [6.07, 6.45) is -4.01. The Balaban J connectivity index is 2.30. The molecule has 3 nitrogen and oxygen atoms in total. The van der Waals surface area contributed by atoms with E-state index in [-0.39, 0.29) is 13.0 Å². The molecule has 1 rings (SSSR count). The summed E-state index contributed by atoms with van der Waals surface area (Å²) >= 11 is 0. The highest BCUT2D eigenvalue weighted by Gasteiger charge is 2.40. The van der Waals surface area contributed by atoms with Crippen LogP contribution in [0.1, 0.15) is 26.2 Å². The first-order valence-electron chi connectivity index (χ1n) is 5.88. The maximum atomic E-state index is 12.5. The topological polar surface area (TPSA) is 55.1 Å². The summed E-state index contributed by atoms with van der Waals surface area (Å²) in [5.41, 5.74) is 5.12. The van der Waals surface area contributed by atoms with Gasteiger partial charge >= 0.3 is 6.18 Å². The predicted octanol–water partition coefficient (Wildman–Crippen LogP) is 1.68. The van der Waals surface area contributed by atoms with Crippen LogP contribution >= 0.6 is 0 Å². The molecular weight excluding hydrogens is 233 g/mol. The lowest BCUT2D eigenvalue weighted by atomic mass is 10.0. The number of carbonyl (C=O) groups is 1. The Bertz CT molecular complexity index is 268. The maximum Gasteiger partial charge on any atom is 0.392 e. The van der Waals surface area contributed by atoms with Crippen molar-refractivity contribution in [1.29, 1.82) is 0 Å². The Morgan fingerprint density at radius 1 is 1.53 bits per heavy atom. The summed E-state index contributed by atoms with van der Waals surface area (Å²) in [4.78, 5) is 11.4. The standard InChI is InChI=1S/C11H19F3N2O/c1-7-4-8(7)6-16-10(17)5-9(2-3-15)11(12,13)14/h7-9H,2-6,15H2,1H3,(H,16,17). The minimum Gasteiger partial charge on any atom is -0.356 e. The number of halogens is 3. The van der Waals surface area contributed by atoms with Gasteiger partial charge in [0.1, 0.15) is 0 Å². The summed E-state index contributed by atoms with van der Waals surface area (Å²) in [6, 6.07) is 0. The Morgan fingerprint density at radius 3 is 2.53 bits per heavy atom. The predicted molar refractivity (Wildman–Crippen MR) is 58.1 cm³/mol. The monoisotopic (exact) mass is 252 g/mol. The van der Waals surface area contributed by atoms with Gasteiger partial charge in [0.2, 0.25) is 5.91 Å². The molecule has 0 spiro atoms. The van der Waals surface area contributed by atoms with Crippen molar-refractivity contribution in [3.63, 3.8) is 0 Å². The van der Waals surface area contributed by atoms with Crippen molar-refractivity contribution in [2.75, 3.05) is 13.1 Å². The first-order valence-corrected chi connectivity index (χ1v) is 5.88. The van der Waals surface area contributed by atoms with E-state index < -0.39 is 24.4 Å². The Kier molecular flexibility index (Phi) is 4.80. The fourth-order valence-electron chi connectivity index (χ4n) is 1.81. The quantitative estimate of drug-likeness (QED) is 0.755. The van der Waals surface area contributed by atoms with Crippen LogP contribution in [0.2, 0.25) is 0 Å². The van der Waals surface area contributed by atoms with Gasteiger partial charge in [0.05, 0.1) is 5.92 Å². The average molecular weight is 252 g/mol. The molecule has 3 unspecified atom stereocenters. The van der Waals surface area contributed by atoms with Crippen LogP contribution in [0.3, 0.4) is 0 Å². The number of hydrogen-bond donors (Lipinski definition) is 2. The van der Waals surface area contributed by atoms with E-state index in [0.29, 0.717) is 18.4 Å². The van der Waals surface area contributed by atoms with Crippen molar-refractivity contribution >= 4 is 5.91 Å². The number of hydrogen-bond acceptors (Lipinski definition) is 2. The minimum atomic E-state index is -4.34. The van der Waals surface area contributed by atoms with Gasteiger partial charge in [-0.3, -0.25) is 4.79 Å². The van der Waals surface area contributed by atoms with Gasteiger partial charge in [-0.2, -0.15) is 13.2 Å². The zero-order valence-electron chi connectivity index (χ0n) is 9.89. The highest BCUT2D eigenvalue weighted by atomic mass is 19.4. The van der Waals surface area contributed by atoms with Crippen LogP contribution in [0.4, 0.5) is 13.2 Å². The fraction of sp³-hybridized carbons (Fsp3) is 0.909. The Morgan fingerprint density at radius 2 is 2.12 bits per heavy atom. The number of nitrogens with one attached hydrogen (secondary N) is 1. The molecule has 0 radical (unpaired) electrons. The smallest absolute Gasteiger partial charge is 0.356 e. The number of rotatable bonds is 6. The van der Waals surface area contributed by atoms with E-state index in [1.54, 1.807) is 0 Å². The lowest BCUT2D eigenvalue weighted by molar-refractivity contribution is -0.180. The largest absolute Gasteiger partial charge is 0.392 e. The molecule has 0 aromatic rings. The van der Waals surface area contributed by atoms with E-state index in [4.69, 9.17) is 5.73 Å². The molecule has 0 heterocycles. The summed E-state index contributed by atoms with van der Waals surface area (Å²) in [5.74, 6) is -1.13. The van der Waals surface area contributed by atoms with E-state index in [1.807, 2.05) is 0 Å². The van der Waals surface area contributed by atoms with Crippen LogP contribution in [0.25, 0.3) is 0 Å². The van der Waals surface area contributed by atoms with Crippen molar-refractivity contribution in [2.24, 2.45) is 23.5 Å². The summed E-state index contributed by atoms with van der Waals surface area (Å²) in [6.45, 7) is 2.49. The molecule has 1 saturated carbocycles. The summed E-state index contributed by atoms with van der Waals surface area (Å²) < 4.78 is 37.5. The molecule has 0 aromatic heterocycles. The van der Waals surface area contributed by atoms with Gasteiger partial charge in [-0.1, -0.05) is 6.92 Å². The van der Waals surface area contributed by atoms with Gasteiger partial charge in [0, 0.05) is 13.0 Å². The maximum absolute atomic E-state index is 12.5. The third-order valence-corrected chi connectivity index (χ3v) is 3.25. The SMILES string of the molecule is CC1CC1CNC(=O)CC(CCN)C(F)(F)F. The molecule has 0 bridgehead atoms. The third kappa shape index (κ3) is 4.93. The molecule has 1 aliphatic rings. The summed E-state index contributed by atoms with van der Waals surface area (Å²) in [7, 11) is 0. The Hall–Kier alpha value is -0.780. The fourth-order valence-corrected chi connectivity index (χ4v) is 1.81. The number of carbonyl (C=O) groups excluding carboxylic acids is 1. The van der Waals surface area contributed by atoms with Crippen LogP contribution in [0.5, 0.6) is 0 Å². The molecule has 1 fully saturated rings. The van der Waals surface area contributed by atoms with E-state index in [1.165, 1.54) is 0 Å². The second-order valence-electron chi connectivity index (χ2n) is 4.80. The van der Waals surface area contributed by atoms with E-state index >= 15 is 0 Å². The van der Waals surface area contributed by atoms with Crippen molar-refractivity contribution in [1.82, 2.24) is 5.32 Å². The molecule has 0 aliphatic heterocycles. The highest BCUT2D eigenvalue weighted by Crippen LogP contribution is 2.37. The molecule has 1 amide bonds. The van der Waals surface area contributed by atoms with Gasteiger partial charge in [-0.15, -0.1) is 0 Å². The van der Waals surface area contributed by atoms with E-state index in [2.05, 4.69) is 12.2 Å². The molecule has 100 valence electrons. The van der Waals surface area contributed by atoms with Crippen molar-refractivity contribution in [3.05, 3.63) is 0 Å². The Labute approximate surface area is 98.9 Å². The van der Waals surface area contributed by atoms with Gasteiger partial charge in [0.25, 0.3) is 0 Å². The average Bonchev–Trinajstić information content (AvgIpc) is 2.90. The van der Waals surface area contributed by atoms with Crippen LogP contribution in [0, 0.1) is 17.8 Å². The van der Waals surface area contributed by atoms with E-state index in [0.717, 1.165) is 6.42 Å². The van der Waals surface area contributed by atoms with Gasteiger partial charge < -0.3 is 11.1 Å². The molecule has 3 N–H and O–H groups in total. The second kappa shape index (κ2) is 5.71. The van der Waals surface area contributed by atoms with E-state index in [9.17, 15) is 18.0 Å². The number of nitrogens with two attached hydrogens (primary N) is 1. The summed E-state index contributed by atoms with van der Waals surface area (Å²) in [5, 5.41) is 2.56. The molecular formula is C11H19F3N2O. The van der Waals surface area contributed by atoms with Crippen LogP contribution in [-0.2, 0) is 4.79 Å². The van der Waals surface area contributed by atoms with Crippen molar-refractivity contribution in [3.8, 4) is 0 Å². The lowest BCUT2D eigenvalue weighted by Gasteiger charge is -2.19. The molecule has 17 heavy (non-hydrogen) atoms. The zero-order chi connectivity index (χ0) is 13.1. The van der Waals surface area contributed by atoms with Crippen LogP contribution < -0.4 is 11.1 Å². The van der Waals surface area contributed by atoms with Crippen molar-refractivity contribution in [2.45, 2.75) is 32.4 Å². The van der Waals surface area contributed by atoms with Crippen molar-refractivity contribution < 1.29 is 18.0 Å². The lowest BCUT2D eigenvalue weighted by Crippen LogP contribution is -2.33. The number of amides is 1. The number of alkyl halides is 3. The first-order chi connectivity index (χ1) is 7.84. The molecule has 6 heteroatoms. The molecule has 1 aliphatic carbocycles. The van der Waals surface area contributed by atoms with Gasteiger partial charge in [-0.05, 0) is 31.2 Å². The van der Waals surface area contributed by atoms with Gasteiger partial charge in [-0.25, -0.2) is 0 Å². The first kappa shape index (κ1) is 14.3. The zero-order valence-corrected chi connectivity index (χ0v) is 9.89. The third-order valence-electron chi connectivity index (χ3n) is 3.25. The van der Waals surface area contributed by atoms with Crippen LogP contribution in [0.15, 0.2) is 0 Å². The molecule has 3 atom stereocenters. The van der Waals surface area contributed by atoms with Gasteiger partial charge in [0.15, 0.2) is 0 Å². The minimum absolute atomic E-state index is 0.0584. The van der Waals surface area contributed by atoms with Crippen LogP contribution in [-0.4, -0.2) is 25.2 Å².